The maximum absolute atomic E-state index is 13.4. The van der Waals surface area contributed by atoms with Crippen molar-refractivity contribution in [3.8, 4) is 28.2 Å². The second-order valence-corrected chi connectivity index (χ2v) is 8.69. The number of unbranched alkanes of at least 4 members (excludes halogenated alkanes) is 1. The van der Waals surface area contributed by atoms with Gasteiger partial charge in [-0.1, -0.05) is 61.3 Å². The van der Waals surface area contributed by atoms with E-state index in [0.717, 1.165) is 47.2 Å². The Bertz CT molecular complexity index is 1490. The van der Waals surface area contributed by atoms with Gasteiger partial charge in [0.25, 0.3) is 0 Å². The molecule has 0 spiro atoms. The van der Waals surface area contributed by atoms with E-state index >= 15 is 0 Å². The third kappa shape index (κ3) is 4.65. The number of tetrazole rings is 1. The van der Waals surface area contributed by atoms with Crippen LogP contribution in [0.15, 0.2) is 78.0 Å². The summed E-state index contributed by atoms with van der Waals surface area (Å²) in [6.07, 6.45) is 8.31. The molecule has 0 aliphatic carbocycles. The average molecular weight is 486 g/mol. The minimum atomic E-state index is -0.0966. The second-order valence-electron chi connectivity index (χ2n) is 8.28. The van der Waals surface area contributed by atoms with Gasteiger partial charge >= 0.3 is 5.69 Å². The maximum Gasteiger partial charge on any atom is 0.333 e. The van der Waals surface area contributed by atoms with Gasteiger partial charge in [-0.05, 0) is 52.6 Å². The molecular formula is C26H24ClN7O. The number of hydrogen-bond donors (Lipinski definition) is 1. The summed E-state index contributed by atoms with van der Waals surface area (Å²) in [4.78, 5) is 17.7. The van der Waals surface area contributed by atoms with Crippen molar-refractivity contribution in [2.75, 3.05) is 0 Å². The van der Waals surface area contributed by atoms with E-state index in [1.54, 1.807) is 23.0 Å². The molecule has 0 atom stereocenters. The first-order valence-corrected chi connectivity index (χ1v) is 11.9. The zero-order valence-electron chi connectivity index (χ0n) is 19.2. The van der Waals surface area contributed by atoms with Crippen molar-refractivity contribution in [1.82, 2.24) is 34.7 Å². The van der Waals surface area contributed by atoms with Gasteiger partial charge in [0.15, 0.2) is 5.82 Å². The fraction of sp³-hybridized carbons (Fsp3) is 0.192. The molecule has 0 radical (unpaired) electrons. The Morgan fingerprint density at radius 3 is 2.60 bits per heavy atom. The Balaban J connectivity index is 1.47. The molecule has 0 amide bonds. The molecule has 1 N–H and O–H groups in total. The number of H-pyrrole nitrogens is 1. The molecule has 5 aromatic rings. The predicted octanol–water partition coefficient (Wildman–Crippen LogP) is 4.93. The smallest absolute Gasteiger partial charge is 0.292 e. The second kappa shape index (κ2) is 10.1. The highest BCUT2D eigenvalue weighted by atomic mass is 35.5. The molecule has 35 heavy (non-hydrogen) atoms. The van der Waals surface area contributed by atoms with E-state index in [1.165, 1.54) is 0 Å². The highest BCUT2D eigenvalue weighted by molar-refractivity contribution is 6.32. The molecule has 0 bridgehead atoms. The number of pyridine rings is 1. The van der Waals surface area contributed by atoms with Crippen molar-refractivity contribution in [1.29, 1.82) is 0 Å². The van der Waals surface area contributed by atoms with Crippen molar-refractivity contribution in [2.24, 2.45) is 0 Å². The first-order valence-electron chi connectivity index (χ1n) is 11.5. The van der Waals surface area contributed by atoms with E-state index in [1.807, 2.05) is 59.3 Å². The first kappa shape index (κ1) is 22.7. The molecule has 0 aliphatic heterocycles. The van der Waals surface area contributed by atoms with Gasteiger partial charge in [0.2, 0.25) is 0 Å². The number of nitrogens with one attached hydrogen (secondary N) is 1. The fourth-order valence-corrected chi connectivity index (χ4v) is 4.38. The Morgan fingerprint density at radius 2 is 1.86 bits per heavy atom. The van der Waals surface area contributed by atoms with Crippen LogP contribution in [0.4, 0.5) is 0 Å². The molecule has 9 heteroatoms. The quantitative estimate of drug-likeness (QED) is 0.336. The number of hydrogen-bond acceptors (Lipinski definition) is 5. The van der Waals surface area contributed by atoms with Crippen LogP contribution < -0.4 is 5.69 Å². The standard InChI is InChI=1S/C26H24ClN7O/c1-2-3-6-20-17-34(24-8-5-4-7-23(24)27)26(35)33(20)16-18-9-11-19(12-10-18)22-15-28-14-13-21(22)25-29-31-32-30-25/h4-5,7-15,17H,2-3,6,16H2,1H3,(H,29,30,31,32). The van der Waals surface area contributed by atoms with E-state index < -0.39 is 0 Å². The minimum absolute atomic E-state index is 0.0966. The third-order valence-electron chi connectivity index (χ3n) is 5.99. The summed E-state index contributed by atoms with van der Waals surface area (Å²) < 4.78 is 3.48. The summed E-state index contributed by atoms with van der Waals surface area (Å²) in [5.41, 5.74) is 5.39. The number of rotatable bonds is 8. The fourth-order valence-electron chi connectivity index (χ4n) is 4.15. The van der Waals surface area contributed by atoms with Gasteiger partial charge in [0.05, 0.1) is 17.3 Å². The number of para-hydroxylation sites is 1. The molecule has 2 aromatic carbocycles. The van der Waals surface area contributed by atoms with Crippen LogP contribution in [-0.2, 0) is 13.0 Å². The number of benzene rings is 2. The van der Waals surface area contributed by atoms with E-state index in [2.05, 4.69) is 32.5 Å². The topological polar surface area (TPSA) is 94.3 Å². The maximum atomic E-state index is 13.4. The molecule has 0 saturated carbocycles. The Labute approximate surface area is 207 Å². The number of aryl methyl sites for hydroxylation is 1. The zero-order chi connectivity index (χ0) is 24.2. The largest absolute Gasteiger partial charge is 0.333 e. The molecule has 0 saturated heterocycles. The zero-order valence-corrected chi connectivity index (χ0v) is 20.0. The van der Waals surface area contributed by atoms with Crippen molar-refractivity contribution in [3.05, 3.63) is 100.0 Å². The van der Waals surface area contributed by atoms with E-state index in [4.69, 9.17) is 11.6 Å². The average Bonchev–Trinajstić information content (AvgIpc) is 3.53. The molecule has 8 nitrogen and oxygen atoms in total. The monoisotopic (exact) mass is 485 g/mol. The summed E-state index contributed by atoms with van der Waals surface area (Å²) in [5, 5.41) is 14.7. The van der Waals surface area contributed by atoms with Gasteiger partial charge in [-0.3, -0.25) is 14.1 Å². The summed E-state index contributed by atoms with van der Waals surface area (Å²) >= 11 is 6.39. The molecule has 5 rings (SSSR count). The van der Waals surface area contributed by atoms with Crippen LogP contribution in [0.5, 0.6) is 0 Å². The Morgan fingerprint density at radius 1 is 1.03 bits per heavy atom. The van der Waals surface area contributed by atoms with Crippen LogP contribution >= 0.6 is 11.6 Å². The van der Waals surface area contributed by atoms with Crippen molar-refractivity contribution < 1.29 is 0 Å². The number of aromatic nitrogens is 7. The molecule has 3 aromatic heterocycles. The lowest BCUT2D eigenvalue weighted by Gasteiger charge is -2.10. The lowest BCUT2D eigenvalue weighted by molar-refractivity contribution is 0.674. The summed E-state index contributed by atoms with van der Waals surface area (Å²) in [5.74, 6) is 0.583. The van der Waals surface area contributed by atoms with Gasteiger partial charge in [-0.25, -0.2) is 9.89 Å². The van der Waals surface area contributed by atoms with Gasteiger partial charge in [0, 0.05) is 35.4 Å². The van der Waals surface area contributed by atoms with Gasteiger partial charge in [-0.2, -0.15) is 0 Å². The molecule has 0 aliphatic rings. The summed E-state index contributed by atoms with van der Waals surface area (Å²) in [6, 6.07) is 17.4. The van der Waals surface area contributed by atoms with Crippen molar-refractivity contribution in [2.45, 2.75) is 32.7 Å². The van der Waals surface area contributed by atoms with Gasteiger partial charge in [-0.15, -0.1) is 5.10 Å². The number of nitrogens with zero attached hydrogens (tertiary/aromatic N) is 6. The van der Waals surface area contributed by atoms with Crippen molar-refractivity contribution in [3.63, 3.8) is 0 Å². The molecular weight excluding hydrogens is 462 g/mol. The van der Waals surface area contributed by atoms with Crippen LogP contribution in [0.2, 0.25) is 5.02 Å². The van der Waals surface area contributed by atoms with Crippen LogP contribution in [0.1, 0.15) is 31.0 Å². The third-order valence-corrected chi connectivity index (χ3v) is 6.31. The normalized spacial score (nSPS) is 11.1. The molecule has 3 heterocycles. The molecule has 0 fully saturated rings. The van der Waals surface area contributed by atoms with Crippen LogP contribution in [0.25, 0.3) is 28.2 Å². The van der Waals surface area contributed by atoms with Crippen LogP contribution in [0, 0.1) is 0 Å². The van der Waals surface area contributed by atoms with E-state index in [0.29, 0.717) is 23.1 Å². The van der Waals surface area contributed by atoms with Crippen molar-refractivity contribution >= 4 is 11.6 Å². The van der Waals surface area contributed by atoms with Crippen LogP contribution in [-0.4, -0.2) is 34.7 Å². The lowest BCUT2D eigenvalue weighted by Crippen LogP contribution is -2.25. The van der Waals surface area contributed by atoms with E-state index in [9.17, 15) is 4.79 Å². The first-order chi connectivity index (χ1) is 17.2. The predicted molar refractivity (Wildman–Crippen MR) is 136 cm³/mol. The number of halogens is 1. The SMILES string of the molecule is CCCCc1cn(-c2ccccc2Cl)c(=O)n1Cc1ccc(-c2cnccc2-c2nnn[nH]2)cc1. The highest BCUT2D eigenvalue weighted by Gasteiger charge is 2.15. The lowest BCUT2D eigenvalue weighted by atomic mass is 10.0. The molecule has 0 unspecified atom stereocenters. The minimum Gasteiger partial charge on any atom is -0.292 e. The van der Waals surface area contributed by atoms with Gasteiger partial charge in [0.1, 0.15) is 0 Å². The summed E-state index contributed by atoms with van der Waals surface area (Å²) in [6.45, 7) is 2.62. The summed E-state index contributed by atoms with van der Waals surface area (Å²) in [7, 11) is 0. The molecule has 176 valence electrons. The highest BCUT2D eigenvalue weighted by Crippen LogP contribution is 2.29. The number of aromatic amines is 1. The van der Waals surface area contributed by atoms with Gasteiger partial charge < -0.3 is 0 Å². The number of imidazole rings is 1. The Hall–Kier alpha value is -4.04. The van der Waals surface area contributed by atoms with E-state index in [-0.39, 0.29) is 5.69 Å². The van der Waals surface area contributed by atoms with Crippen LogP contribution in [0.3, 0.4) is 0 Å². The Kier molecular flexibility index (Phi) is 6.54.